The molecule has 0 bridgehead atoms. The molecule has 2 rings (SSSR count). The third-order valence-corrected chi connectivity index (χ3v) is 2.74. The van der Waals surface area contributed by atoms with Crippen LogP contribution in [0.1, 0.15) is 12.5 Å². The summed E-state index contributed by atoms with van der Waals surface area (Å²) in [5.41, 5.74) is 0.314. The normalized spacial score (nSPS) is 11.2. The smallest absolute Gasteiger partial charge is 0.326 e. The lowest BCUT2D eigenvalue weighted by molar-refractivity contribution is -0.136. The van der Waals surface area contributed by atoms with Crippen LogP contribution in [0.5, 0.6) is 0 Å². The van der Waals surface area contributed by atoms with E-state index in [1.807, 2.05) is 6.07 Å². The second-order valence-corrected chi connectivity index (χ2v) is 4.31. The van der Waals surface area contributed by atoms with Crippen LogP contribution < -0.4 is 5.32 Å². The molecular formula is C15H12F3NO. The molecule has 2 aromatic rings. The van der Waals surface area contributed by atoms with Gasteiger partial charge in [-0.15, -0.1) is 0 Å². The van der Waals surface area contributed by atoms with Crippen molar-refractivity contribution in [3.05, 3.63) is 54.1 Å². The van der Waals surface area contributed by atoms with Crippen LogP contribution in [0.3, 0.4) is 0 Å². The SMILES string of the molecule is CC(=O)Nc1cc(-c2ccccc2)ccc1C(F)(F)F. The highest BCUT2D eigenvalue weighted by Gasteiger charge is 2.33. The number of amides is 1. The minimum atomic E-state index is -4.51. The van der Waals surface area contributed by atoms with E-state index in [0.29, 0.717) is 5.56 Å². The number of anilines is 1. The maximum atomic E-state index is 12.9. The molecule has 0 aromatic heterocycles. The fourth-order valence-electron chi connectivity index (χ4n) is 1.89. The summed E-state index contributed by atoms with van der Waals surface area (Å²) in [6, 6.07) is 12.7. The predicted octanol–water partition coefficient (Wildman–Crippen LogP) is 4.33. The van der Waals surface area contributed by atoms with Crippen molar-refractivity contribution in [2.24, 2.45) is 0 Å². The van der Waals surface area contributed by atoms with Gasteiger partial charge in [0.1, 0.15) is 0 Å². The summed E-state index contributed by atoms with van der Waals surface area (Å²) in [4.78, 5) is 11.1. The van der Waals surface area contributed by atoms with E-state index in [2.05, 4.69) is 5.32 Å². The van der Waals surface area contributed by atoms with Crippen molar-refractivity contribution >= 4 is 11.6 Å². The number of hydrogen-bond donors (Lipinski definition) is 1. The maximum absolute atomic E-state index is 12.9. The monoisotopic (exact) mass is 279 g/mol. The molecule has 0 aliphatic carbocycles. The van der Waals surface area contributed by atoms with Crippen LogP contribution >= 0.6 is 0 Å². The number of hydrogen-bond acceptors (Lipinski definition) is 1. The fraction of sp³-hybridized carbons (Fsp3) is 0.133. The van der Waals surface area contributed by atoms with Crippen LogP contribution in [0.15, 0.2) is 48.5 Å². The molecule has 0 aliphatic rings. The third-order valence-electron chi connectivity index (χ3n) is 2.74. The van der Waals surface area contributed by atoms with Crippen molar-refractivity contribution in [1.82, 2.24) is 0 Å². The first-order valence-electron chi connectivity index (χ1n) is 5.92. The van der Waals surface area contributed by atoms with E-state index in [0.717, 1.165) is 11.6 Å². The summed E-state index contributed by atoms with van der Waals surface area (Å²) in [7, 11) is 0. The highest BCUT2D eigenvalue weighted by atomic mass is 19.4. The Balaban J connectivity index is 2.51. The number of halogens is 3. The standard InChI is InChI=1S/C15H12F3NO/c1-10(20)19-14-9-12(11-5-3-2-4-6-11)7-8-13(14)15(16,17)18/h2-9H,1H3,(H,19,20). The Hall–Kier alpha value is -2.30. The van der Waals surface area contributed by atoms with Gasteiger partial charge in [-0.05, 0) is 23.3 Å². The molecule has 104 valence electrons. The Morgan fingerprint density at radius 1 is 1.00 bits per heavy atom. The van der Waals surface area contributed by atoms with Gasteiger partial charge in [-0.1, -0.05) is 36.4 Å². The first kappa shape index (κ1) is 14.1. The van der Waals surface area contributed by atoms with Gasteiger partial charge in [-0.2, -0.15) is 13.2 Å². The van der Waals surface area contributed by atoms with Gasteiger partial charge in [0.15, 0.2) is 0 Å². The molecule has 0 spiro atoms. The van der Waals surface area contributed by atoms with Crippen molar-refractivity contribution < 1.29 is 18.0 Å². The van der Waals surface area contributed by atoms with E-state index in [1.54, 1.807) is 24.3 Å². The second kappa shape index (κ2) is 5.36. The molecule has 20 heavy (non-hydrogen) atoms. The Labute approximate surface area is 114 Å². The first-order valence-corrected chi connectivity index (χ1v) is 5.92. The molecule has 0 saturated carbocycles. The lowest BCUT2D eigenvalue weighted by atomic mass is 10.0. The van der Waals surface area contributed by atoms with Crippen molar-refractivity contribution in [1.29, 1.82) is 0 Å². The number of carbonyl (C=O) groups is 1. The van der Waals surface area contributed by atoms with E-state index in [4.69, 9.17) is 0 Å². The zero-order valence-corrected chi connectivity index (χ0v) is 10.7. The van der Waals surface area contributed by atoms with E-state index >= 15 is 0 Å². The van der Waals surface area contributed by atoms with Crippen LogP contribution in [-0.2, 0) is 11.0 Å². The lowest BCUT2D eigenvalue weighted by Crippen LogP contribution is -2.13. The summed E-state index contributed by atoms with van der Waals surface area (Å²) in [6.45, 7) is 1.18. The highest BCUT2D eigenvalue weighted by Crippen LogP contribution is 2.37. The van der Waals surface area contributed by atoms with Gasteiger partial charge in [0.2, 0.25) is 5.91 Å². The van der Waals surface area contributed by atoms with Crippen LogP contribution in [0, 0.1) is 0 Å². The highest BCUT2D eigenvalue weighted by molar-refractivity contribution is 5.90. The van der Waals surface area contributed by atoms with Crippen LogP contribution in [0.4, 0.5) is 18.9 Å². The summed E-state index contributed by atoms with van der Waals surface area (Å²) in [6.07, 6.45) is -4.51. The second-order valence-electron chi connectivity index (χ2n) is 4.31. The van der Waals surface area contributed by atoms with Crippen molar-refractivity contribution in [3.63, 3.8) is 0 Å². The number of rotatable bonds is 2. The first-order chi connectivity index (χ1) is 9.38. The molecule has 0 aliphatic heterocycles. The molecular weight excluding hydrogens is 267 g/mol. The van der Waals surface area contributed by atoms with Crippen molar-refractivity contribution in [2.75, 3.05) is 5.32 Å². The number of benzene rings is 2. The number of carbonyl (C=O) groups excluding carboxylic acids is 1. The maximum Gasteiger partial charge on any atom is 0.418 e. The van der Waals surface area contributed by atoms with E-state index in [1.165, 1.54) is 19.1 Å². The van der Waals surface area contributed by atoms with E-state index < -0.39 is 17.6 Å². The number of alkyl halides is 3. The predicted molar refractivity (Wildman–Crippen MR) is 71.2 cm³/mol. The lowest BCUT2D eigenvalue weighted by Gasteiger charge is -2.14. The largest absolute Gasteiger partial charge is 0.418 e. The zero-order valence-electron chi connectivity index (χ0n) is 10.7. The molecule has 5 heteroatoms. The third kappa shape index (κ3) is 3.17. The molecule has 1 N–H and O–H groups in total. The summed E-state index contributed by atoms with van der Waals surface area (Å²) in [5, 5.41) is 2.23. The Bertz CT molecular complexity index is 621. The van der Waals surface area contributed by atoms with Crippen LogP contribution in [0.2, 0.25) is 0 Å². The topological polar surface area (TPSA) is 29.1 Å². The summed E-state index contributed by atoms with van der Waals surface area (Å²) < 4.78 is 38.6. The minimum absolute atomic E-state index is 0.230. The van der Waals surface area contributed by atoms with Crippen molar-refractivity contribution in [2.45, 2.75) is 13.1 Å². The Kier molecular flexibility index (Phi) is 3.79. The molecule has 0 heterocycles. The van der Waals surface area contributed by atoms with Gasteiger partial charge >= 0.3 is 6.18 Å². The van der Waals surface area contributed by atoms with Gasteiger partial charge in [-0.25, -0.2) is 0 Å². The van der Waals surface area contributed by atoms with Gasteiger partial charge in [0.25, 0.3) is 0 Å². The zero-order chi connectivity index (χ0) is 14.8. The van der Waals surface area contributed by atoms with Gasteiger partial charge < -0.3 is 5.32 Å². The van der Waals surface area contributed by atoms with E-state index in [9.17, 15) is 18.0 Å². The summed E-state index contributed by atoms with van der Waals surface area (Å²) >= 11 is 0. The molecule has 0 atom stereocenters. The average molecular weight is 279 g/mol. The molecule has 0 unspecified atom stereocenters. The molecule has 0 fully saturated rings. The van der Waals surface area contributed by atoms with Gasteiger partial charge in [-0.3, -0.25) is 4.79 Å². The van der Waals surface area contributed by atoms with Gasteiger partial charge in [0, 0.05) is 6.92 Å². The van der Waals surface area contributed by atoms with Crippen molar-refractivity contribution in [3.8, 4) is 11.1 Å². The Morgan fingerprint density at radius 2 is 1.65 bits per heavy atom. The molecule has 0 radical (unpaired) electrons. The molecule has 0 saturated heterocycles. The van der Waals surface area contributed by atoms with Crippen LogP contribution in [0.25, 0.3) is 11.1 Å². The average Bonchev–Trinajstić information content (AvgIpc) is 2.37. The Morgan fingerprint density at radius 3 is 2.20 bits per heavy atom. The summed E-state index contributed by atoms with van der Waals surface area (Å²) in [5.74, 6) is -0.541. The molecule has 2 aromatic carbocycles. The molecule has 2 nitrogen and oxygen atoms in total. The van der Waals surface area contributed by atoms with Crippen LogP contribution in [-0.4, -0.2) is 5.91 Å². The minimum Gasteiger partial charge on any atom is -0.326 e. The van der Waals surface area contributed by atoms with E-state index in [-0.39, 0.29) is 5.69 Å². The fourth-order valence-corrected chi connectivity index (χ4v) is 1.89. The number of nitrogens with one attached hydrogen (secondary N) is 1. The quantitative estimate of drug-likeness (QED) is 0.871. The van der Waals surface area contributed by atoms with Gasteiger partial charge in [0.05, 0.1) is 11.3 Å². The molecule has 1 amide bonds.